The summed E-state index contributed by atoms with van der Waals surface area (Å²) in [6.07, 6.45) is 4.68. The number of ether oxygens (including phenoxy) is 2. The van der Waals surface area contributed by atoms with E-state index in [1.165, 1.54) is 12.0 Å². The van der Waals surface area contributed by atoms with Gasteiger partial charge in [0.25, 0.3) is 6.29 Å². The van der Waals surface area contributed by atoms with Crippen molar-refractivity contribution in [2.24, 2.45) is 0 Å². The van der Waals surface area contributed by atoms with Gasteiger partial charge >= 0.3 is 0 Å². The molecule has 1 atom stereocenters. The first kappa shape index (κ1) is 19.9. The fourth-order valence-corrected chi connectivity index (χ4v) is 5.29. The summed E-state index contributed by atoms with van der Waals surface area (Å²) < 4.78 is 12.3. The Morgan fingerprint density at radius 3 is 2.27 bits per heavy atom. The van der Waals surface area contributed by atoms with Gasteiger partial charge in [-0.1, -0.05) is 55.7 Å². The number of rotatable bonds is 5. The van der Waals surface area contributed by atoms with Crippen LogP contribution in [-0.4, -0.2) is 48.3 Å². The smallest absolute Gasteiger partial charge is 0.268 e. The average Bonchev–Trinajstić information content (AvgIpc) is 3.23. The van der Waals surface area contributed by atoms with E-state index < -0.39 is 11.9 Å². The standard InChI is InChI=1S/C25H32N2O3/c28-25(12-6-1-7-13-25)21(18-27-16-14-26-15-17-27)19-8-2-3-9-20(19)24-29-22-10-4-5-11-23(22)30-24/h2-5,8-11,21,24,26,28H,1,6-7,12-18H2. The maximum absolute atomic E-state index is 11.8. The lowest BCUT2D eigenvalue weighted by Gasteiger charge is -2.43. The third-order valence-corrected chi connectivity index (χ3v) is 6.96. The van der Waals surface area contributed by atoms with Crippen molar-refractivity contribution in [3.8, 4) is 11.5 Å². The van der Waals surface area contributed by atoms with E-state index in [1.807, 2.05) is 30.3 Å². The molecular formula is C25H32N2O3. The van der Waals surface area contributed by atoms with Gasteiger partial charge in [-0.15, -0.1) is 0 Å². The van der Waals surface area contributed by atoms with Crippen LogP contribution in [0.1, 0.15) is 55.4 Å². The van der Waals surface area contributed by atoms with E-state index in [-0.39, 0.29) is 5.92 Å². The largest absolute Gasteiger partial charge is 0.447 e. The lowest BCUT2D eigenvalue weighted by Crippen LogP contribution is -2.49. The van der Waals surface area contributed by atoms with Crippen LogP contribution in [0.25, 0.3) is 0 Å². The fraction of sp³-hybridized carbons (Fsp3) is 0.520. The predicted molar refractivity (Wildman–Crippen MR) is 117 cm³/mol. The molecule has 0 aromatic heterocycles. The molecular weight excluding hydrogens is 376 g/mol. The van der Waals surface area contributed by atoms with Crippen molar-refractivity contribution in [1.82, 2.24) is 10.2 Å². The van der Waals surface area contributed by atoms with Crippen molar-refractivity contribution >= 4 is 0 Å². The SMILES string of the molecule is OC1(C(CN2CCNCC2)c2ccccc2C2Oc3ccccc3O2)CCCCC1. The molecule has 3 aliphatic rings. The second kappa shape index (κ2) is 8.58. The Labute approximate surface area is 179 Å². The van der Waals surface area contributed by atoms with Crippen molar-refractivity contribution in [2.45, 2.75) is 49.9 Å². The van der Waals surface area contributed by atoms with Crippen LogP contribution >= 0.6 is 0 Å². The summed E-state index contributed by atoms with van der Waals surface area (Å²) >= 11 is 0. The van der Waals surface area contributed by atoms with Crippen LogP contribution < -0.4 is 14.8 Å². The first-order valence-corrected chi connectivity index (χ1v) is 11.4. The highest BCUT2D eigenvalue weighted by atomic mass is 16.7. The molecule has 2 fully saturated rings. The van der Waals surface area contributed by atoms with E-state index in [2.05, 4.69) is 28.4 Å². The van der Waals surface area contributed by atoms with E-state index >= 15 is 0 Å². The van der Waals surface area contributed by atoms with E-state index in [4.69, 9.17) is 9.47 Å². The molecule has 0 radical (unpaired) electrons. The van der Waals surface area contributed by atoms with Crippen molar-refractivity contribution in [1.29, 1.82) is 0 Å². The second-order valence-corrected chi connectivity index (χ2v) is 8.91. The molecule has 2 heterocycles. The van der Waals surface area contributed by atoms with Crippen LogP contribution in [0.3, 0.4) is 0 Å². The Morgan fingerprint density at radius 2 is 1.57 bits per heavy atom. The van der Waals surface area contributed by atoms with E-state index in [1.54, 1.807) is 0 Å². The van der Waals surface area contributed by atoms with E-state index in [9.17, 15) is 5.11 Å². The van der Waals surface area contributed by atoms with Gasteiger partial charge in [-0.3, -0.25) is 0 Å². The molecule has 2 aliphatic heterocycles. The molecule has 30 heavy (non-hydrogen) atoms. The molecule has 0 bridgehead atoms. The Hall–Kier alpha value is -2.08. The number of nitrogens with zero attached hydrogens (tertiary/aromatic N) is 1. The van der Waals surface area contributed by atoms with Crippen LogP contribution in [0, 0.1) is 0 Å². The van der Waals surface area contributed by atoms with Crippen molar-refractivity contribution in [3.63, 3.8) is 0 Å². The zero-order chi connectivity index (χ0) is 20.4. The second-order valence-electron chi connectivity index (χ2n) is 8.91. The normalized spacial score (nSPS) is 22.7. The summed E-state index contributed by atoms with van der Waals surface area (Å²) in [6.45, 7) is 4.94. The quantitative estimate of drug-likeness (QED) is 0.787. The topological polar surface area (TPSA) is 54.0 Å². The summed E-state index contributed by atoms with van der Waals surface area (Å²) in [5.74, 6) is 1.61. The molecule has 0 spiro atoms. The molecule has 160 valence electrons. The molecule has 2 aromatic carbocycles. The molecule has 0 amide bonds. The number of piperazine rings is 1. The van der Waals surface area contributed by atoms with E-state index in [0.29, 0.717) is 0 Å². The number of nitrogens with one attached hydrogen (secondary N) is 1. The maximum Gasteiger partial charge on any atom is 0.268 e. The molecule has 1 unspecified atom stereocenters. The molecule has 2 aromatic rings. The highest BCUT2D eigenvalue weighted by Gasteiger charge is 2.42. The van der Waals surface area contributed by atoms with Gasteiger partial charge in [-0.2, -0.15) is 0 Å². The maximum atomic E-state index is 11.8. The van der Waals surface area contributed by atoms with Gasteiger partial charge in [-0.05, 0) is 30.5 Å². The molecule has 5 nitrogen and oxygen atoms in total. The lowest BCUT2D eigenvalue weighted by molar-refractivity contribution is -0.0334. The van der Waals surface area contributed by atoms with Gasteiger partial charge in [0.2, 0.25) is 0 Å². The summed E-state index contributed by atoms with van der Waals surface area (Å²) in [4.78, 5) is 2.50. The number of benzene rings is 2. The Kier molecular flexibility index (Phi) is 5.68. The van der Waals surface area contributed by atoms with Crippen molar-refractivity contribution in [2.75, 3.05) is 32.7 Å². The monoisotopic (exact) mass is 408 g/mol. The van der Waals surface area contributed by atoms with Gasteiger partial charge in [0.05, 0.1) is 5.60 Å². The number of fused-ring (bicyclic) bond motifs is 1. The van der Waals surface area contributed by atoms with Crippen LogP contribution in [0.4, 0.5) is 0 Å². The first-order chi connectivity index (χ1) is 14.7. The zero-order valence-electron chi connectivity index (χ0n) is 17.6. The molecule has 5 rings (SSSR count). The summed E-state index contributed by atoms with van der Waals surface area (Å²) in [5, 5.41) is 15.3. The highest BCUT2D eigenvalue weighted by molar-refractivity contribution is 5.44. The highest BCUT2D eigenvalue weighted by Crippen LogP contribution is 2.46. The zero-order valence-corrected chi connectivity index (χ0v) is 17.6. The van der Waals surface area contributed by atoms with Crippen LogP contribution in [0.2, 0.25) is 0 Å². The average molecular weight is 409 g/mol. The number of aliphatic hydroxyl groups is 1. The number of para-hydroxylation sites is 2. The Bertz CT molecular complexity index is 834. The summed E-state index contributed by atoms with van der Waals surface area (Å²) in [6, 6.07) is 16.2. The molecule has 1 saturated heterocycles. The Morgan fingerprint density at radius 1 is 0.933 bits per heavy atom. The van der Waals surface area contributed by atoms with Crippen LogP contribution in [-0.2, 0) is 0 Å². The Balaban J connectivity index is 1.48. The molecule has 1 aliphatic carbocycles. The predicted octanol–water partition coefficient (Wildman–Crippen LogP) is 3.84. The number of hydrogen-bond donors (Lipinski definition) is 2. The van der Waals surface area contributed by atoms with Crippen molar-refractivity contribution < 1.29 is 14.6 Å². The third kappa shape index (κ3) is 3.94. The first-order valence-electron chi connectivity index (χ1n) is 11.4. The number of hydrogen-bond acceptors (Lipinski definition) is 5. The minimum atomic E-state index is -0.676. The van der Waals surface area contributed by atoms with E-state index in [0.717, 1.165) is 75.5 Å². The minimum absolute atomic E-state index is 0.0445. The summed E-state index contributed by atoms with van der Waals surface area (Å²) in [5.41, 5.74) is 1.52. The fourth-order valence-electron chi connectivity index (χ4n) is 5.29. The van der Waals surface area contributed by atoms with Crippen LogP contribution in [0.15, 0.2) is 48.5 Å². The van der Waals surface area contributed by atoms with Crippen LogP contribution in [0.5, 0.6) is 11.5 Å². The van der Waals surface area contributed by atoms with Gasteiger partial charge in [0.15, 0.2) is 11.5 Å². The van der Waals surface area contributed by atoms with Gasteiger partial charge in [-0.25, -0.2) is 0 Å². The molecule has 1 saturated carbocycles. The summed E-state index contributed by atoms with van der Waals surface area (Å²) in [7, 11) is 0. The minimum Gasteiger partial charge on any atom is -0.447 e. The molecule has 2 N–H and O–H groups in total. The molecule has 5 heteroatoms. The lowest BCUT2D eigenvalue weighted by atomic mass is 9.71. The van der Waals surface area contributed by atoms with Crippen molar-refractivity contribution in [3.05, 3.63) is 59.7 Å². The third-order valence-electron chi connectivity index (χ3n) is 6.96. The van der Waals surface area contributed by atoms with Gasteiger partial charge < -0.3 is 24.8 Å². The van der Waals surface area contributed by atoms with Gasteiger partial charge in [0.1, 0.15) is 0 Å². The van der Waals surface area contributed by atoms with Gasteiger partial charge in [0, 0.05) is 44.2 Å².